The van der Waals surface area contributed by atoms with Crippen LogP contribution in [0.1, 0.15) is 12.2 Å². The third-order valence-corrected chi connectivity index (χ3v) is 3.86. The van der Waals surface area contributed by atoms with Crippen molar-refractivity contribution in [3.63, 3.8) is 0 Å². The number of nitrogens with one attached hydrogen (secondary N) is 2. The van der Waals surface area contributed by atoms with Crippen LogP contribution in [0.4, 0.5) is 13.6 Å². The summed E-state index contributed by atoms with van der Waals surface area (Å²) in [6, 6.07) is 2.61. The molecule has 0 aromatic carbocycles. The molecule has 1 saturated heterocycles. The number of β-amino-alcohol motifs (C(OH)–C–C–N with tert-alkyl or cyclic N) is 1. The van der Waals surface area contributed by atoms with Crippen LogP contribution < -0.4 is 10.6 Å². The minimum Gasteiger partial charge on any atom is -0.477 e. The van der Waals surface area contributed by atoms with Crippen molar-refractivity contribution < 1.29 is 37.8 Å². The van der Waals surface area contributed by atoms with Crippen LogP contribution in [0.5, 0.6) is 0 Å². The number of halogens is 2. The highest BCUT2D eigenvalue weighted by molar-refractivity contribution is 5.84. The average molecular weight is 361 g/mol. The number of carboxylic acids is 1. The van der Waals surface area contributed by atoms with Crippen molar-refractivity contribution in [2.45, 2.75) is 24.5 Å². The van der Waals surface area contributed by atoms with E-state index in [1.807, 2.05) is 0 Å². The first-order valence-corrected chi connectivity index (χ1v) is 7.31. The topological polar surface area (TPSA) is 132 Å². The van der Waals surface area contributed by atoms with E-state index in [1.165, 1.54) is 6.26 Å². The predicted octanol–water partition coefficient (Wildman–Crippen LogP) is -0.238. The molecule has 0 saturated carbocycles. The van der Waals surface area contributed by atoms with Gasteiger partial charge in [-0.1, -0.05) is 0 Å². The molecule has 9 nitrogen and oxygen atoms in total. The Morgan fingerprint density at radius 3 is 2.68 bits per heavy atom. The van der Waals surface area contributed by atoms with Crippen molar-refractivity contribution >= 4 is 17.9 Å². The highest BCUT2D eigenvalue weighted by atomic mass is 19.3. The van der Waals surface area contributed by atoms with E-state index in [1.54, 1.807) is 12.1 Å². The van der Waals surface area contributed by atoms with E-state index in [-0.39, 0.29) is 13.1 Å². The number of rotatable bonds is 6. The Morgan fingerprint density at radius 1 is 1.36 bits per heavy atom. The van der Waals surface area contributed by atoms with Gasteiger partial charge in [-0.3, -0.25) is 4.79 Å². The Hall–Kier alpha value is -2.69. The molecule has 3 amide bonds. The first kappa shape index (κ1) is 18.6. The number of alkyl halides is 2. The normalized spacial score (nSPS) is 20.4. The largest absolute Gasteiger partial charge is 0.477 e. The monoisotopic (exact) mass is 361 g/mol. The Balaban J connectivity index is 1.80. The molecule has 1 aromatic heterocycles. The average Bonchev–Trinajstić information content (AvgIpc) is 3.20. The zero-order chi connectivity index (χ0) is 18.7. The number of carbonyl (C=O) groups is 3. The fourth-order valence-electron chi connectivity index (χ4n) is 2.37. The van der Waals surface area contributed by atoms with Crippen LogP contribution in [0.2, 0.25) is 0 Å². The minimum absolute atomic E-state index is 0.0985. The summed E-state index contributed by atoms with van der Waals surface area (Å²) in [5, 5.41) is 23.0. The third kappa shape index (κ3) is 4.05. The number of aliphatic hydroxyl groups is 1. The van der Waals surface area contributed by atoms with E-state index in [0.29, 0.717) is 5.76 Å². The van der Waals surface area contributed by atoms with Crippen molar-refractivity contribution in [3.8, 4) is 0 Å². The molecule has 1 unspecified atom stereocenters. The predicted molar refractivity (Wildman–Crippen MR) is 77.7 cm³/mol. The molecule has 11 heteroatoms. The maximum atomic E-state index is 13.5. The van der Waals surface area contributed by atoms with Gasteiger partial charge in [-0.2, -0.15) is 8.78 Å². The first-order valence-electron chi connectivity index (χ1n) is 7.31. The van der Waals surface area contributed by atoms with E-state index in [2.05, 4.69) is 10.6 Å². The van der Waals surface area contributed by atoms with Gasteiger partial charge in [0.15, 0.2) is 5.60 Å². The highest BCUT2D eigenvalue weighted by Crippen LogP contribution is 2.36. The van der Waals surface area contributed by atoms with Crippen molar-refractivity contribution in [1.82, 2.24) is 15.5 Å². The molecular weight excluding hydrogens is 344 g/mol. The molecule has 1 atom stereocenters. The molecule has 2 rings (SSSR count). The van der Waals surface area contributed by atoms with Gasteiger partial charge in [-0.05, 0) is 12.1 Å². The molecule has 1 aliphatic heterocycles. The van der Waals surface area contributed by atoms with Crippen LogP contribution in [-0.4, -0.2) is 64.2 Å². The summed E-state index contributed by atoms with van der Waals surface area (Å²) in [6.45, 7) is -1.46. The second-order valence-electron chi connectivity index (χ2n) is 5.59. The van der Waals surface area contributed by atoms with E-state index in [0.717, 1.165) is 4.90 Å². The van der Waals surface area contributed by atoms with Crippen molar-refractivity contribution in [2.24, 2.45) is 0 Å². The summed E-state index contributed by atoms with van der Waals surface area (Å²) in [5.41, 5.74) is -2.84. The van der Waals surface area contributed by atoms with Crippen LogP contribution in [0.3, 0.4) is 0 Å². The van der Waals surface area contributed by atoms with E-state index < -0.39 is 48.9 Å². The lowest BCUT2D eigenvalue weighted by molar-refractivity contribution is -0.205. The minimum atomic E-state index is -4.38. The molecule has 1 aromatic rings. The number of carboxylic acid groups (broad SMARTS) is 1. The number of nitrogens with zero attached hydrogens (tertiary/aromatic N) is 1. The Morgan fingerprint density at radius 2 is 2.08 bits per heavy atom. The van der Waals surface area contributed by atoms with Crippen molar-refractivity contribution in [2.75, 3.05) is 19.6 Å². The van der Waals surface area contributed by atoms with E-state index in [9.17, 15) is 28.3 Å². The fraction of sp³-hybridized carbons (Fsp3) is 0.500. The van der Waals surface area contributed by atoms with Gasteiger partial charge in [0.1, 0.15) is 5.76 Å². The van der Waals surface area contributed by atoms with Gasteiger partial charge >= 0.3 is 17.9 Å². The number of aliphatic carboxylic acids is 1. The molecule has 4 N–H and O–H groups in total. The second kappa shape index (κ2) is 7.05. The second-order valence-corrected chi connectivity index (χ2v) is 5.59. The van der Waals surface area contributed by atoms with E-state index in [4.69, 9.17) is 9.52 Å². The smallest absolute Gasteiger partial charge is 0.377 e. The number of hydrogen-bond acceptors (Lipinski definition) is 5. The molecule has 2 heterocycles. The molecule has 1 aliphatic rings. The van der Waals surface area contributed by atoms with Gasteiger partial charge < -0.3 is 30.2 Å². The summed E-state index contributed by atoms with van der Waals surface area (Å²) in [5.74, 6) is -7.05. The summed E-state index contributed by atoms with van der Waals surface area (Å²) >= 11 is 0. The lowest BCUT2D eigenvalue weighted by atomic mass is 9.95. The number of amides is 3. The van der Waals surface area contributed by atoms with Crippen LogP contribution in [0.25, 0.3) is 0 Å². The quantitative estimate of drug-likeness (QED) is 0.553. The van der Waals surface area contributed by atoms with Crippen molar-refractivity contribution in [3.05, 3.63) is 24.2 Å². The van der Waals surface area contributed by atoms with Gasteiger partial charge in [-0.15, -0.1) is 0 Å². The molecule has 0 spiro atoms. The van der Waals surface area contributed by atoms with E-state index >= 15 is 0 Å². The van der Waals surface area contributed by atoms with Gasteiger partial charge in [-0.25, -0.2) is 9.59 Å². The number of carbonyl (C=O) groups excluding carboxylic acids is 2. The molecule has 0 aliphatic carbocycles. The molecule has 0 radical (unpaired) electrons. The summed E-state index contributed by atoms with van der Waals surface area (Å²) in [7, 11) is 0. The van der Waals surface area contributed by atoms with Crippen molar-refractivity contribution in [1.29, 1.82) is 0 Å². The number of furan rings is 1. The Bertz CT molecular complexity index is 651. The SMILES string of the molecule is O=C(NCC(=O)N1CCC(O)(C(F)(F)C(=O)O)C1)NCc1ccco1. The molecule has 1 fully saturated rings. The van der Waals surface area contributed by atoms with Crippen LogP contribution >= 0.6 is 0 Å². The number of likely N-dealkylation sites (tertiary alicyclic amines) is 1. The fourth-order valence-corrected chi connectivity index (χ4v) is 2.37. The Kier molecular flexibility index (Phi) is 5.26. The summed E-state index contributed by atoms with van der Waals surface area (Å²) < 4.78 is 32.1. The van der Waals surface area contributed by atoms with Crippen LogP contribution in [0, 0.1) is 0 Å². The van der Waals surface area contributed by atoms with Gasteiger partial charge in [0.2, 0.25) is 5.91 Å². The number of hydrogen-bond donors (Lipinski definition) is 4. The lowest BCUT2D eigenvalue weighted by Crippen LogP contribution is -2.55. The van der Waals surface area contributed by atoms with Crippen LogP contribution in [0.15, 0.2) is 22.8 Å². The maximum Gasteiger partial charge on any atom is 0.377 e. The van der Waals surface area contributed by atoms with Gasteiger partial charge in [0, 0.05) is 13.0 Å². The standard InChI is InChI=1S/C14H17F2N3O6/c15-14(16,11(21)22)13(24)3-4-19(8-13)10(20)7-18-12(23)17-6-9-2-1-5-25-9/h1-2,5,24H,3-4,6-8H2,(H,21,22)(H2,17,18,23). The Labute approximate surface area is 140 Å². The third-order valence-electron chi connectivity index (χ3n) is 3.86. The van der Waals surface area contributed by atoms with Gasteiger partial charge in [0.05, 0.1) is 25.9 Å². The molecule has 25 heavy (non-hydrogen) atoms. The van der Waals surface area contributed by atoms with Crippen LogP contribution in [-0.2, 0) is 16.1 Å². The lowest BCUT2D eigenvalue weighted by Gasteiger charge is -2.28. The van der Waals surface area contributed by atoms with Gasteiger partial charge in [0.25, 0.3) is 0 Å². The molecule has 138 valence electrons. The zero-order valence-corrected chi connectivity index (χ0v) is 13.0. The first-order chi connectivity index (χ1) is 11.7. The zero-order valence-electron chi connectivity index (χ0n) is 13.0. The number of urea groups is 1. The summed E-state index contributed by atoms with van der Waals surface area (Å²) in [6.07, 6.45) is 0.850. The highest BCUT2D eigenvalue weighted by Gasteiger charge is 2.61. The molecular formula is C14H17F2N3O6. The maximum absolute atomic E-state index is 13.5. The summed E-state index contributed by atoms with van der Waals surface area (Å²) in [4.78, 5) is 34.9. The molecule has 0 bridgehead atoms.